The van der Waals surface area contributed by atoms with Gasteiger partial charge in [0, 0.05) is 99.4 Å². The van der Waals surface area contributed by atoms with E-state index in [0.29, 0.717) is 35.6 Å². The molecule has 396 valence electrons. The fourth-order valence-corrected chi connectivity index (χ4v) is 9.37. The maximum atomic E-state index is 12.4. The number of hydrogen-bond donors (Lipinski definition) is 0. The van der Waals surface area contributed by atoms with Gasteiger partial charge in [-0.25, -0.2) is 9.97 Å². The molecule has 0 spiro atoms. The van der Waals surface area contributed by atoms with Crippen LogP contribution >= 0.6 is 0 Å². The second-order valence-corrected chi connectivity index (χ2v) is 19.2. The minimum absolute atomic E-state index is 0.224. The molecule has 2 saturated heterocycles. The Morgan fingerprint density at radius 1 is 0.513 bits per heavy atom. The number of rotatable bonds is 14. The summed E-state index contributed by atoms with van der Waals surface area (Å²) in [6, 6.07) is 24.1. The van der Waals surface area contributed by atoms with E-state index in [0.717, 1.165) is 98.6 Å². The van der Waals surface area contributed by atoms with Crippen molar-refractivity contribution in [3.8, 4) is 57.4 Å². The number of hydrogen-bond acceptors (Lipinski definition) is 16. The highest BCUT2D eigenvalue weighted by molar-refractivity contribution is 5.60. The Balaban J connectivity index is 0.000000162. The summed E-state index contributed by atoms with van der Waals surface area (Å²) in [4.78, 5) is 27.8. The van der Waals surface area contributed by atoms with Crippen molar-refractivity contribution in [2.75, 3.05) is 62.2 Å². The molecule has 2 saturated carbocycles. The smallest absolute Gasteiger partial charge is 0.406 e. The molecule has 0 unspecified atom stereocenters. The van der Waals surface area contributed by atoms with Crippen LogP contribution in [0.1, 0.15) is 48.2 Å². The maximum absolute atomic E-state index is 12.4. The van der Waals surface area contributed by atoms with E-state index >= 15 is 0 Å². The molecule has 4 fully saturated rings. The van der Waals surface area contributed by atoms with Crippen LogP contribution in [0.5, 0.6) is 11.5 Å². The number of ether oxygens (including phenoxy) is 2. The van der Waals surface area contributed by atoms with Gasteiger partial charge in [0.1, 0.15) is 23.1 Å². The normalized spacial score (nSPS) is 16.7. The Morgan fingerprint density at radius 3 is 1.25 bits per heavy atom. The zero-order valence-corrected chi connectivity index (χ0v) is 41.5. The van der Waals surface area contributed by atoms with Crippen LogP contribution in [0.3, 0.4) is 0 Å². The number of benzene rings is 2. The van der Waals surface area contributed by atoms with E-state index < -0.39 is 12.7 Å². The van der Waals surface area contributed by atoms with Crippen LogP contribution in [0.2, 0.25) is 0 Å². The molecule has 4 aliphatic rings. The Kier molecular flexibility index (Phi) is 13.9. The van der Waals surface area contributed by atoms with Gasteiger partial charge in [0.25, 0.3) is 11.8 Å². The van der Waals surface area contributed by atoms with Crippen LogP contribution in [-0.4, -0.2) is 137 Å². The molecule has 24 heteroatoms. The van der Waals surface area contributed by atoms with E-state index in [9.17, 15) is 26.3 Å². The summed E-state index contributed by atoms with van der Waals surface area (Å²) in [5.74, 6) is 2.26. The molecule has 0 bridgehead atoms. The number of aromatic nitrogens is 10. The summed E-state index contributed by atoms with van der Waals surface area (Å²) in [6.07, 6.45) is -0.494. The van der Waals surface area contributed by atoms with Crippen molar-refractivity contribution < 1.29 is 44.9 Å². The van der Waals surface area contributed by atoms with Gasteiger partial charge >= 0.3 is 12.7 Å². The van der Waals surface area contributed by atoms with Crippen molar-refractivity contribution in [1.29, 1.82) is 0 Å². The van der Waals surface area contributed by atoms with Crippen LogP contribution in [0, 0.1) is 13.8 Å². The SMILES string of the molecule is Cc1cc(-c2nc(-c3ccc(OC(F)(F)F)cc3)no2)nn1Cc1ccnc(N2CCN(C3CC3)CC2)c1.Cc1cc(-c2nc(-c3ccc(OC(F)(F)F)cc3)no2)nn1Cc1ccnc(N2CCN(C3CC3)CC2)c1. The highest BCUT2D eigenvalue weighted by atomic mass is 19.4. The van der Waals surface area contributed by atoms with Crippen molar-refractivity contribution in [3.05, 3.63) is 120 Å². The lowest BCUT2D eigenvalue weighted by atomic mass is 10.2. The molecule has 6 aromatic heterocycles. The van der Waals surface area contributed by atoms with Crippen molar-refractivity contribution in [3.63, 3.8) is 0 Å². The van der Waals surface area contributed by atoms with E-state index in [1.807, 2.05) is 59.9 Å². The zero-order chi connectivity index (χ0) is 52.6. The zero-order valence-electron chi connectivity index (χ0n) is 41.5. The predicted octanol–water partition coefficient (Wildman–Crippen LogP) is 9.07. The molecular weight excluding hydrogens is 999 g/mol. The van der Waals surface area contributed by atoms with Crippen LogP contribution < -0.4 is 19.3 Å². The lowest BCUT2D eigenvalue weighted by Gasteiger charge is -2.35. The van der Waals surface area contributed by atoms with Gasteiger partial charge in [0.05, 0.1) is 13.1 Å². The average Bonchev–Trinajstić information content (AvgIpc) is 4.26. The van der Waals surface area contributed by atoms with Gasteiger partial charge in [-0.2, -0.15) is 20.2 Å². The number of halogens is 6. The highest BCUT2D eigenvalue weighted by Gasteiger charge is 2.34. The third kappa shape index (κ3) is 12.4. The molecule has 8 heterocycles. The van der Waals surface area contributed by atoms with E-state index in [1.165, 1.54) is 74.2 Å². The third-order valence-electron chi connectivity index (χ3n) is 13.6. The Labute approximate surface area is 431 Å². The summed E-state index contributed by atoms with van der Waals surface area (Å²) in [5, 5.41) is 17.2. The molecule has 2 aliphatic heterocycles. The molecular formula is C52H52F6N14O4. The molecule has 0 atom stereocenters. The van der Waals surface area contributed by atoms with Crippen molar-refractivity contribution >= 4 is 11.6 Å². The Morgan fingerprint density at radius 2 is 0.895 bits per heavy atom. The monoisotopic (exact) mass is 1050 g/mol. The van der Waals surface area contributed by atoms with Gasteiger partial charge < -0.3 is 28.3 Å². The topological polar surface area (TPSA) is 171 Å². The lowest BCUT2D eigenvalue weighted by Crippen LogP contribution is -2.47. The standard InChI is InChI=1S/2C26H26F3N7O2/c2*1-17-14-22(25-31-24(33-38-25)19-2-6-21(7-3-19)37-26(27,28)29)32-36(17)16-18-8-9-30-23(15-18)35-12-10-34(11-13-35)20-4-5-20/h2*2-3,6-9,14-15,20H,4-5,10-13,16H2,1H3. The number of nitrogens with zero attached hydrogens (tertiary/aromatic N) is 14. The van der Waals surface area contributed by atoms with Crippen LogP contribution in [0.25, 0.3) is 45.9 Å². The summed E-state index contributed by atoms with van der Waals surface area (Å²) in [6.45, 7) is 13.3. The van der Waals surface area contributed by atoms with Crippen LogP contribution in [-0.2, 0) is 13.1 Å². The number of aryl methyl sites for hydroxylation is 2. The lowest BCUT2D eigenvalue weighted by molar-refractivity contribution is -0.275. The van der Waals surface area contributed by atoms with Crippen molar-refractivity contribution in [1.82, 2.24) is 59.6 Å². The van der Waals surface area contributed by atoms with E-state index in [1.54, 1.807) is 0 Å². The van der Waals surface area contributed by atoms with Gasteiger partial charge in [-0.05, 0) is 136 Å². The maximum Gasteiger partial charge on any atom is 0.573 e. The van der Waals surface area contributed by atoms with Crippen LogP contribution in [0.4, 0.5) is 38.0 Å². The molecule has 18 nitrogen and oxygen atoms in total. The molecule has 2 aromatic carbocycles. The van der Waals surface area contributed by atoms with E-state index in [-0.39, 0.29) is 34.9 Å². The van der Waals surface area contributed by atoms with Crippen LogP contribution in [0.15, 0.2) is 106 Å². The van der Waals surface area contributed by atoms with Gasteiger partial charge in [0.2, 0.25) is 11.6 Å². The quantitative estimate of drug-likeness (QED) is 0.0944. The molecule has 0 radical (unpaired) electrons. The second-order valence-electron chi connectivity index (χ2n) is 19.2. The Hall–Kier alpha value is -7.86. The number of pyridine rings is 2. The minimum atomic E-state index is -4.75. The van der Waals surface area contributed by atoms with Gasteiger partial charge in [0.15, 0.2) is 11.4 Å². The van der Waals surface area contributed by atoms with Gasteiger partial charge in [-0.15, -0.1) is 26.3 Å². The third-order valence-corrected chi connectivity index (χ3v) is 13.6. The minimum Gasteiger partial charge on any atom is -0.406 e. The summed E-state index contributed by atoms with van der Waals surface area (Å²) in [7, 11) is 0. The van der Waals surface area contributed by atoms with Crippen molar-refractivity contribution in [2.45, 2.75) is 77.4 Å². The van der Waals surface area contributed by atoms with Crippen molar-refractivity contribution in [2.24, 2.45) is 0 Å². The van der Waals surface area contributed by atoms with Gasteiger partial charge in [-0.3, -0.25) is 19.2 Å². The molecule has 12 rings (SSSR count). The van der Waals surface area contributed by atoms with E-state index in [2.05, 4.69) is 81.7 Å². The molecule has 0 N–H and O–H groups in total. The van der Waals surface area contributed by atoms with Gasteiger partial charge in [-0.1, -0.05) is 10.3 Å². The summed E-state index contributed by atoms with van der Waals surface area (Å²) in [5.41, 5.74) is 6.04. The first-order valence-corrected chi connectivity index (χ1v) is 25.0. The number of piperazine rings is 2. The summed E-state index contributed by atoms with van der Waals surface area (Å²) < 4.78 is 96.7. The average molecular weight is 1050 g/mol. The number of anilines is 2. The number of alkyl halides is 6. The molecule has 8 aromatic rings. The molecule has 0 amide bonds. The Bertz CT molecular complexity index is 3030. The first-order chi connectivity index (χ1) is 36.6. The first kappa shape index (κ1) is 50.3. The second kappa shape index (κ2) is 21.0. The fourth-order valence-electron chi connectivity index (χ4n) is 9.37. The molecule has 2 aliphatic carbocycles. The molecule has 76 heavy (non-hydrogen) atoms. The summed E-state index contributed by atoms with van der Waals surface area (Å²) >= 11 is 0. The predicted molar refractivity (Wildman–Crippen MR) is 265 cm³/mol. The fraction of sp³-hybridized carbons (Fsp3) is 0.385. The van der Waals surface area contributed by atoms with E-state index in [4.69, 9.17) is 9.05 Å². The first-order valence-electron chi connectivity index (χ1n) is 25.0. The largest absolute Gasteiger partial charge is 0.573 e. The highest BCUT2D eigenvalue weighted by Crippen LogP contribution is 2.32.